The highest BCUT2D eigenvalue weighted by Gasteiger charge is 2.52. The number of ether oxygens (including phenoxy) is 4. The molecule has 0 bridgehead atoms. The van der Waals surface area contributed by atoms with Crippen molar-refractivity contribution < 1.29 is 38.1 Å². The van der Waals surface area contributed by atoms with Crippen LogP contribution in [0.3, 0.4) is 0 Å². The highest BCUT2D eigenvalue weighted by molar-refractivity contribution is 5.80. The summed E-state index contributed by atoms with van der Waals surface area (Å²) in [5.41, 5.74) is 7.78. The Hall–Kier alpha value is -6.71. The van der Waals surface area contributed by atoms with Gasteiger partial charge in [0.25, 0.3) is 0 Å². The van der Waals surface area contributed by atoms with E-state index in [0.29, 0.717) is 11.8 Å². The Morgan fingerprint density at radius 2 is 0.620 bits per heavy atom. The van der Waals surface area contributed by atoms with Gasteiger partial charge in [-0.05, 0) is 186 Å². The molecule has 0 N–H and O–H groups in total. The average molecular weight is 1480 g/mol. The van der Waals surface area contributed by atoms with Gasteiger partial charge in [0.15, 0.2) is 0 Å². The van der Waals surface area contributed by atoms with Gasteiger partial charge < -0.3 is 58.1 Å². The van der Waals surface area contributed by atoms with Crippen LogP contribution in [0.5, 0.6) is 0 Å². The van der Waals surface area contributed by atoms with Crippen LogP contribution in [-0.4, -0.2) is 199 Å². The lowest BCUT2D eigenvalue weighted by atomic mass is 9.79. The number of nitrogens with zero attached hydrogens (tertiary/aromatic N) is 9. The van der Waals surface area contributed by atoms with Crippen LogP contribution < -0.4 is 19.6 Å². The molecule has 12 heterocycles. The van der Waals surface area contributed by atoms with Gasteiger partial charge in [0, 0.05) is 179 Å². The first-order valence-corrected chi connectivity index (χ1v) is 42.7. The number of fused-ring (bicyclic) bond motifs is 4. The van der Waals surface area contributed by atoms with Crippen molar-refractivity contribution in [1.82, 2.24) is 19.6 Å². The van der Waals surface area contributed by atoms with E-state index in [4.69, 9.17) is 25.5 Å². The van der Waals surface area contributed by atoms with E-state index in [-0.39, 0.29) is 70.0 Å². The number of para-hydroxylation sites is 3. The van der Waals surface area contributed by atoms with E-state index in [1.165, 1.54) is 107 Å². The summed E-state index contributed by atoms with van der Waals surface area (Å²) in [4.78, 5) is 73.2. The monoisotopic (exact) mass is 1480 g/mol. The molecule has 12 atom stereocenters. The Morgan fingerprint density at radius 1 is 0.333 bits per heavy atom. The Bertz CT molecular complexity index is 3640. The van der Waals surface area contributed by atoms with Gasteiger partial charge in [-0.25, -0.2) is 4.85 Å². The van der Waals surface area contributed by atoms with Crippen LogP contribution in [0.2, 0.25) is 0 Å². The average Bonchev–Trinajstić information content (AvgIpc) is 1.66. The number of rotatable bonds is 24. The second-order valence-corrected chi connectivity index (χ2v) is 35.4. The summed E-state index contributed by atoms with van der Waals surface area (Å²) in [5.74, 6) is 6.20. The molecule has 0 aromatic heterocycles. The van der Waals surface area contributed by atoms with Crippen LogP contribution in [0.25, 0.3) is 4.85 Å². The van der Waals surface area contributed by atoms with Gasteiger partial charge in [-0.15, -0.1) is 0 Å². The molecule has 12 fully saturated rings. The summed E-state index contributed by atoms with van der Waals surface area (Å²) in [6.07, 6.45) is 15.3. The van der Waals surface area contributed by atoms with Gasteiger partial charge in [-0.2, -0.15) is 0 Å². The zero-order valence-corrected chi connectivity index (χ0v) is 67.5. The summed E-state index contributed by atoms with van der Waals surface area (Å²) in [5, 5.41) is 0. The van der Waals surface area contributed by atoms with Crippen molar-refractivity contribution in [3.63, 3.8) is 0 Å². The zero-order valence-electron chi connectivity index (χ0n) is 67.5. The lowest BCUT2D eigenvalue weighted by Crippen LogP contribution is -2.31. The lowest BCUT2D eigenvalue weighted by molar-refractivity contribution is -0.150. The van der Waals surface area contributed by atoms with Crippen LogP contribution in [0.1, 0.15) is 169 Å². The van der Waals surface area contributed by atoms with E-state index in [2.05, 4.69) is 198 Å². The SMILES string of the molecule is CCC1(CC)CC(CCN2CC3CN(c4ccc(C)cc4)CC3C2)OC1=O.CCC1(CC)CC(CCN2CC3CN(c4cccc(C)c4)CC3C2)OC1=O.CCC1(CC)CC(CCN2CC3CN(c4ccccc4)CC3C2)OC1=O.[C-]#[N+]c1ccccc1N1CC2CN(CCC3CC(CC)(CC)C(=O)O3)CC2C1. The number of carbonyl (C=O) groups excluding carboxylic acids is 4. The lowest BCUT2D eigenvalue weighted by Gasteiger charge is -2.24. The molecule has 16 rings (SSSR count). The standard InChI is InChI=1S/C23H31N3O2.2C23H34N2O2.C22H32N2O2/c1-4-23(5-2)12-19(28-22(23)27)10-11-25-13-17-15-26(16-18(17)14-25)21-9-7-6-8-20(21)24-3;1-4-23(5-2)12-21(27-22(23)26)10-11-24-13-18-15-25(16-19(18)14-24)20-8-6-17(3)7-9-20;1-4-23(5-2)12-21(27-22(23)26)9-10-24-13-18-15-25(16-19(18)14-24)20-8-6-7-17(3)11-20;1-3-22(4-2)12-20(26-21(22)25)10-11-23-13-17-15-24(16-18(17)14-23)19-8-6-5-7-9-19/h6-9,17-19H,4-5,10-16H2,1-2H3;6-9,18-19,21H,4-5,10-16H2,1-3H3;6-8,11,18-19,21H,4-5,9-10,12-16H2,1-3H3;5-9,17-18,20H,3-4,10-16H2,1-2H3. The number of likely N-dealkylation sites (tertiary alicyclic amines) is 4. The first-order valence-electron chi connectivity index (χ1n) is 42.7. The molecule has 0 radical (unpaired) electrons. The number of cyclic esters (lactones) is 4. The molecule has 0 amide bonds. The molecule has 12 unspecified atom stereocenters. The molecule has 108 heavy (non-hydrogen) atoms. The Kier molecular flexibility index (Phi) is 25.7. The number of benzene rings is 4. The first-order chi connectivity index (χ1) is 52.3. The zero-order chi connectivity index (χ0) is 75.9. The fraction of sp³-hybridized carbons (Fsp3) is 0.681. The summed E-state index contributed by atoms with van der Waals surface area (Å²) < 4.78 is 22.9. The van der Waals surface area contributed by atoms with E-state index in [1.807, 2.05) is 18.2 Å². The molecule has 4 aromatic rings. The van der Waals surface area contributed by atoms with Gasteiger partial charge in [-0.3, -0.25) is 19.2 Å². The van der Waals surface area contributed by atoms with Crippen molar-refractivity contribution in [2.75, 3.05) is 150 Å². The molecule has 12 aliphatic heterocycles. The second-order valence-electron chi connectivity index (χ2n) is 35.4. The maximum atomic E-state index is 12.3. The van der Waals surface area contributed by atoms with Crippen LogP contribution in [0, 0.1) is 89.4 Å². The minimum Gasteiger partial charge on any atom is -0.462 e. The van der Waals surface area contributed by atoms with E-state index in [9.17, 15) is 19.2 Å². The van der Waals surface area contributed by atoms with Gasteiger partial charge in [0.05, 0.1) is 28.2 Å². The third-order valence-corrected chi connectivity index (χ3v) is 29.3. The number of anilines is 4. The molecule has 0 saturated carbocycles. The third kappa shape index (κ3) is 17.5. The molecule has 0 spiro atoms. The van der Waals surface area contributed by atoms with E-state index >= 15 is 0 Å². The maximum Gasteiger partial charge on any atom is 0.312 e. The van der Waals surface area contributed by atoms with E-state index in [1.54, 1.807) is 0 Å². The van der Waals surface area contributed by atoms with E-state index in [0.717, 1.165) is 202 Å². The number of carbonyl (C=O) groups is 4. The normalized spacial score (nSPS) is 29.9. The summed E-state index contributed by atoms with van der Waals surface area (Å²) in [6.45, 7) is 51.4. The van der Waals surface area contributed by atoms with Crippen molar-refractivity contribution in [2.24, 2.45) is 69.0 Å². The van der Waals surface area contributed by atoms with Gasteiger partial charge in [-0.1, -0.05) is 122 Å². The topological polar surface area (TPSA) is 135 Å². The smallest absolute Gasteiger partial charge is 0.312 e. The number of hydrogen-bond donors (Lipinski definition) is 0. The van der Waals surface area contributed by atoms with Gasteiger partial charge in [0.1, 0.15) is 24.4 Å². The van der Waals surface area contributed by atoms with Crippen molar-refractivity contribution in [3.8, 4) is 0 Å². The largest absolute Gasteiger partial charge is 0.462 e. The van der Waals surface area contributed by atoms with Crippen molar-refractivity contribution in [2.45, 2.75) is 196 Å². The molecular weight excluding hydrogens is 1350 g/mol. The van der Waals surface area contributed by atoms with Crippen molar-refractivity contribution in [1.29, 1.82) is 0 Å². The minimum absolute atomic E-state index is 0.0231. The summed E-state index contributed by atoms with van der Waals surface area (Å²) >= 11 is 0. The number of aryl methyl sites for hydroxylation is 2. The van der Waals surface area contributed by atoms with Crippen LogP contribution in [0.15, 0.2) is 103 Å². The highest BCUT2D eigenvalue weighted by atomic mass is 16.6. The Labute approximate surface area is 648 Å². The van der Waals surface area contributed by atoms with Gasteiger partial charge in [0.2, 0.25) is 5.69 Å². The maximum absolute atomic E-state index is 12.3. The first kappa shape index (κ1) is 79.4. The number of hydrogen-bond acceptors (Lipinski definition) is 16. The van der Waals surface area contributed by atoms with Crippen molar-refractivity contribution >= 4 is 52.3 Å². The van der Waals surface area contributed by atoms with Crippen molar-refractivity contribution in [3.05, 3.63) is 126 Å². The molecule has 12 aliphatic rings. The summed E-state index contributed by atoms with van der Waals surface area (Å²) in [6, 6.07) is 36.6. The Balaban J connectivity index is 0.000000127. The van der Waals surface area contributed by atoms with Crippen LogP contribution >= 0.6 is 0 Å². The molecular formula is C91H131N9O8. The quantitative estimate of drug-likeness (QED) is 0.0374. The van der Waals surface area contributed by atoms with Crippen LogP contribution in [-0.2, 0) is 38.1 Å². The van der Waals surface area contributed by atoms with Crippen LogP contribution in [0.4, 0.5) is 28.4 Å². The Morgan fingerprint density at radius 3 is 0.926 bits per heavy atom. The fourth-order valence-corrected chi connectivity index (χ4v) is 21.6. The minimum atomic E-state index is -0.233. The molecule has 0 aliphatic carbocycles. The molecule has 17 heteroatoms. The molecule has 17 nitrogen and oxygen atoms in total. The molecule has 12 saturated heterocycles. The molecule has 4 aromatic carbocycles. The highest BCUT2D eigenvalue weighted by Crippen LogP contribution is 2.47. The number of esters is 4. The second kappa shape index (κ2) is 34.9. The molecule has 588 valence electrons. The van der Waals surface area contributed by atoms with E-state index < -0.39 is 0 Å². The fourth-order valence-electron chi connectivity index (χ4n) is 21.6. The third-order valence-electron chi connectivity index (χ3n) is 29.3. The van der Waals surface area contributed by atoms with Gasteiger partial charge >= 0.3 is 23.9 Å². The summed E-state index contributed by atoms with van der Waals surface area (Å²) in [7, 11) is 0. The predicted molar refractivity (Wildman–Crippen MR) is 433 cm³/mol. The predicted octanol–water partition coefficient (Wildman–Crippen LogP) is 15.4.